The molecule has 1 aromatic rings. The number of para-hydroxylation sites is 1. The highest BCUT2D eigenvalue weighted by Gasteiger charge is 2.26. The van der Waals surface area contributed by atoms with Crippen LogP contribution in [0.3, 0.4) is 0 Å². The van der Waals surface area contributed by atoms with Crippen LogP contribution in [0, 0.1) is 11.8 Å². The third-order valence-corrected chi connectivity index (χ3v) is 3.35. The van der Waals surface area contributed by atoms with Crippen LogP contribution in [0.5, 0.6) is 0 Å². The zero-order chi connectivity index (χ0) is 12.4. The number of nitrogen functional groups attached to an aromatic ring is 1. The number of likely N-dealkylation sites (tertiary alicyclic amines) is 1. The van der Waals surface area contributed by atoms with Gasteiger partial charge in [0.2, 0.25) is 0 Å². The second-order valence-electron chi connectivity index (χ2n) is 5.24. The Kier molecular flexibility index (Phi) is 3.36. The molecule has 1 saturated heterocycles. The van der Waals surface area contributed by atoms with E-state index in [1.165, 1.54) is 6.42 Å². The number of benzene rings is 1. The second-order valence-corrected chi connectivity index (χ2v) is 5.24. The fraction of sp³-hybridized carbons (Fsp3) is 0.500. The summed E-state index contributed by atoms with van der Waals surface area (Å²) >= 11 is 0. The number of hydrogen-bond acceptors (Lipinski definition) is 2. The van der Waals surface area contributed by atoms with Gasteiger partial charge in [-0.1, -0.05) is 26.0 Å². The highest BCUT2D eigenvalue weighted by atomic mass is 16.2. The van der Waals surface area contributed by atoms with Gasteiger partial charge in [0, 0.05) is 18.8 Å². The van der Waals surface area contributed by atoms with Crippen molar-refractivity contribution in [2.45, 2.75) is 20.3 Å². The zero-order valence-electron chi connectivity index (χ0n) is 10.5. The molecule has 0 saturated carbocycles. The molecule has 92 valence electrons. The van der Waals surface area contributed by atoms with E-state index in [4.69, 9.17) is 5.73 Å². The monoisotopic (exact) mass is 232 g/mol. The number of nitrogens with zero attached hydrogens (tertiary/aromatic N) is 1. The van der Waals surface area contributed by atoms with E-state index in [0.717, 1.165) is 13.1 Å². The molecule has 1 aromatic carbocycles. The van der Waals surface area contributed by atoms with Gasteiger partial charge in [-0.05, 0) is 30.4 Å². The van der Waals surface area contributed by atoms with Crippen molar-refractivity contribution in [1.29, 1.82) is 0 Å². The summed E-state index contributed by atoms with van der Waals surface area (Å²) in [6.45, 7) is 6.09. The number of anilines is 1. The molecule has 1 aliphatic rings. The number of rotatable bonds is 1. The van der Waals surface area contributed by atoms with Crippen molar-refractivity contribution in [3.63, 3.8) is 0 Å². The maximum absolute atomic E-state index is 12.4. The normalized spacial score (nSPS) is 24.7. The first-order valence-corrected chi connectivity index (χ1v) is 6.21. The maximum Gasteiger partial charge on any atom is 0.255 e. The summed E-state index contributed by atoms with van der Waals surface area (Å²) in [5.74, 6) is 1.22. The Bertz CT molecular complexity index is 406. The zero-order valence-corrected chi connectivity index (χ0v) is 10.5. The van der Waals surface area contributed by atoms with E-state index in [9.17, 15) is 4.79 Å². The van der Waals surface area contributed by atoms with Crippen LogP contribution >= 0.6 is 0 Å². The van der Waals surface area contributed by atoms with Crippen molar-refractivity contribution in [3.05, 3.63) is 29.8 Å². The van der Waals surface area contributed by atoms with Gasteiger partial charge in [0.25, 0.3) is 5.91 Å². The first-order valence-electron chi connectivity index (χ1n) is 6.21. The smallest absolute Gasteiger partial charge is 0.255 e. The maximum atomic E-state index is 12.4. The molecular weight excluding hydrogens is 212 g/mol. The van der Waals surface area contributed by atoms with E-state index in [0.29, 0.717) is 23.1 Å². The van der Waals surface area contributed by atoms with Gasteiger partial charge in [0.05, 0.1) is 5.56 Å². The molecule has 17 heavy (non-hydrogen) atoms. The molecule has 1 fully saturated rings. The van der Waals surface area contributed by atoms with Crippen molar-refractivity contribution < 1.29 is 4.79 Å². The minimum Gasteiger partial charge on any atom is -0.398 e. The molecule has 1 heterocycles. The second kappa shape index (κ2) is 4.78. The number of carbonyl (C=O) groups excluding carboxylic acids is 1. The average molecular weight is 232 g/mol. The molecule has 0 aromatic heterocycles. The molecule has 2 N–H and O–H groups in total. The van der Waals surface area contributed by atoms with Crippen molar-refractivity contribution in [2.75, 3.05) is 18.8 Å². The third kappa shape index (κ3) is 2.60. The molecule has 1 amide bonds. The molecule has 0 radical (unpaired) electrons. The summed E-state index contributed by atoms with van der Waals surface area (Å²) in [5.41, 5.74) is 7.06. The summed E-state index contributed by atoms with van der Waals surface area (Å²) in [7, 11) is 0. The van der Waals surface area contributed by atoms with Gasteiger partial charge in [-0.15, -0.1) is 0 Å². The lowest BCUT2D eigenvalue weighted by Crippen LogP contribution is -2.42. The lowest BCUT2D eigenvalue weighted by molar-refractivity contribution is 0.0624. The first kappa shape index (κ1) is 12.0. The van der Waals surface area contributed by atoms with Gasteiger partial charge in [-0.3, -0.25) is 4.79 Å². The Morgan fingerprint density at radius 1 is 1.24 bits per heavy atom. The first-order chi connectivity index (χ1) is 8.08. The molecule has 3 heteroatoms. The molecule has 1 aliphatic heterocycles. The SMILES string of the molecule is C[C@@H]1C[C@@H](C)CN(C(=O)c2ccccc2N)C1. The van der Waals surface area contributed by atoms with Gasteiger partial charge in [-0.2, -0.15) is 0 Å². The van der Waals surface area contributed by atoms with Gasteiger partial charge >= 0.3 is 0 Å². The molecule has 2 rings (SSSR count). The Labute approximate surface area is 103 Å². The van der Waals surface area contributed by atoms with Crippen LogP contribution in [0.25, 0.3) is 0 Å². The lowest BCUT2D eigenvalue weighted by Gasteiger charge is -2.35. The molecule has 0 spiro atoms. The van der Waals surface area contributed by atoms with Crippen molar-refractivity contribution in [1.82, 2.24) is 4.90 Å². The number of amides is 1. The Morgan fingerprint density at radius 2 is 1.82 bits per heavy atom. The molecule has 0 bridgehead atoms. The molecule has 2 atom stereocenters. The van der Waals surface area contributed by atoms with Gasteiger partial charge < -0.3 is 10.6 Å². The number of hydrogen-bond donors (Lipinski definition) is 1. The molecule has 3 nitrogen and oxygen atoms in total. The predicted molar refractivity (Wildman–Crippen MR) is 69.7 cm³/mol. The van der Waals surface area contributed by atoms with E-state index in [1.807, 2.05) is 23.1 Å². The van der Waals surface area contributed by atoms with E-state index in [1.54, 1.807) is 6.07 Å². The Balaban J connectivity index is 2.17. The predicted octanol–water partition coefficient (Wildman–Crippen LogP) is 2.39. The largest absolute Gasteiger partial charge is 0.398 e. The third-order valence-electron chi connectivity index (χ3n) is 3.35. The minimum atomic E-state index is 0.0708. The molecular formula is C14H20N2O. The minimum absolute atomic E-state index is 0.0708. The van der Waals surface area contributed by atoms with E-state index < -0.39 is 0 Å². The summed E-state index contributed by atoms with van der Waals surface area (Å²) in [6.07, 6.45) is 1.20. The summed E-state index contributed by atoms with van der Waals surface area (Å²) in [6, 6.07) is 7.31. The number of piperidine rings is 1. The Hall–Kier alpha value is -1.51. The Morgan fingerprint density at radius 3 is 2.41 bits per heavy atom. The van der Waals surface area contributed by atoms with Gasteiger partial charge in [-0.25, -0.2) is 0 Å². The van der Waals surface area contributed by atoms with Gasteiger partial charge in [0.1, 0.15) is 0 Å². The van der Waals surface area contributed by atoms with E-state index >= 15 is 0 Å². The van der Waals surface area contributed by atoms with Crippen molar-refractivity contribution >= 4 is 11.6 Å². The summed E-state index contributed by atoms with van der Waals surface area (Å²) in [5, 5.41) is 0. The van der Waals surface area contributed by atoms with Crippen LogP contribution in [-0.4, -0.2) is 23.9 Å². The topological polar surface area (TPSA) is 46.3 Å². The number of nitrogens with two attached hydrogens (primary N) is 1. The summed E-state index contributed by atoms with van der Waals surface area (Å²) < 4.78 is 0. The number of carbonyl (C=O) groups is 1. The summed E-state index contributed by atoms with van der Waals surface area (Å²) in [4.78, 5) is 14.3. The average Bonchev–Trinajstić information content (AvgIpc) is 2.27. The highest BCUT2D eigenvalue weighted by molar-refractivity contribution is 5.99. The van der Waals surface area contributed by atoms with Gasteiger partial charge in [0.15, 0.2) is 0 Å². The van der Waals surface area contributed by atoms with Crippen LogP contribution in [-0.2, 0) is 0 Å². The van der Waals surface area contributed by atoms with Crippen molar-refractivity contribution in [3.8, 4) is 0 Å². The van der Waals surface area contributed by atoms with Crippen LogP contribution in [0.15, 0.2) is 24.3 Å². The fourth-order valence-corrected chi connectivity index (χ4v) is 2.69. The highest BCUT2D eigenvalue weighted by Crippen LogP contribution is 2.23. The standard InChI is InChI=1S/C14H20N2O/c1-10-7-11(2)9-16(8-10)14(17)12-5-3-4-6-13(12)15/h3-6,10-11H,7-9,15H2,1-2H3/t10-,11-/m1/s1. The van der Waals surface area contributed by atoms with Crippen LogP contribution < -0.4 is 5.73 Å². The van der Waals surface area contributed by atoms with Crippen LogP contribution in [0.4, 0.5) is 5.69 Å². The van der Waals surface area contributed by atoms with E-state index in [2.05, 4.69) is 13.8 Å². The molecule has 0 unspecified atom stereocenters. The lowest BCUT2D eigenvalue weighted by atomic mass is 9.91. The van der Waals surface area contributed by atoms with Crippen molar-refractivity contribution in [2.24, 2.45) is 11.8 Å². The fourth-order valence-electron chi connectivity index (χ4n) is 2.69. The molecule has 0 aliphatic carbocycles. The van der Waals surface area contributed by atoms with Crippen LogP contribution in [0.2, 0.25) is 0 Å². The quantitative estimate of drug-likeness (QED) is 0.756. The van der Waals surface area contributed by atoms with Crippen LogP contribution in [0.1, 0.15) is 30.6 Å². The van der Waals surface area contributed by atoms with E-state index in [-0.39, 0.29) is 5.91 Å².